The number of ether oxygens (including phenoxy) is 1. The van der Waals surface area contributed by atoms with Crippen molar-refractivity contribution >= 4 is 6.03 Å². The summed E-state index contributed by atoms with van der Waals surface area (Å²) in [5, 5.41) is 24.1. The maximum absolute atomic E-state index is 11.8. The molecule has 1 saturated heterocycles. The molecule has 10 heteroatoms. The Balaban J connectivity index is 2.12. The highest BCUT2D eigenvalue weighted by atomic mass is 16.5. The van der Waals surface area contributed by atoms with Crippen molar-refractivity contribution in [3.8, 4) is 0 Å². The average molecular weight is 270 g/mol. The lowest BCUT2D eigenvalue weighted by Crippen LogP contribution is -2.60. The molecule has 0 aromatic rings. The number of hydrogen-bond donors (Lipinski definition) is 4. The first-order chi connectivity index (χ1) is 8.99. The van der Waals surface area contributed by atoms with Crippen molar-refractivity contribution in [2.24, 2.45) is 10.8 Å². The maximum atomic E-state index is 11.8. The Morgan fingerprint density at radius 3 is 3.05 bits per heavy atom. The van der Waals surface area contributed by atoms with Crippen LogP contribution in [0.25, 0.3) is 10.4 Å². The molecule has 2 heterocycles. The van der Waals surface area contributed by atoms with Crippen molar-refractivity contribution in [3.63, 3.8) is 0 Å². The fraction of sp³-hybridized carbons (Fsp3) is 0.667. The summed E-state index contributed by atoms with van der Waals surface area (Å²) in [6.45, 7) is -0.337. The second-order valence-electron chi connectivity index (χ2n) is 4.28. The summed E-state index contributed by atoms with van der Waals surface area (Å²) in [5.74, 6) is -1.62. The first-order valence-corrected chi connectivity index (χ1v) is 5.58. The molecule has 19 heavy (non-hydrogen) atoms. The van der Waals surface area contributed by atoms with Crippen LogP contribution in [0.5, 0.6) is 0 Å². The van der Waals surface area contributed by atoms with Gasteiger partial charge in [-0.2, -0.15) is 0 Å². The molecule has 0 aliphatic carbocycles. The van der Waals surface area contributed by atoms with Crippen LogP contribution in [0.3, 0.4) is 0 Å². The van der Waals surface area contributed by atoms with Gasteiger partial charge in [-0.3, -0.25) is 4.90 Å². The van der Waals surface area contributed by atoms with Crippen molar-refractivity contribution in [1.82, 2.24) is 10.2 Å². The highest BCUT2D eigenvalue weighted by Crippen LogP contribution is 2.25. The number of nitrogens with one attached hydrogen (secondary N) is 1. The summed E-state index contributed by atoms with van der Waals surface area (Å²) < 4.78 is 5.33. The zero-order valence-corrected chi connectivity index (χ0v) is 9.88. The third-order valence-corrected chi connectivity index (χ3v) is 2.94. The fourth-order valence-corrected chi connectivity index (χ4v) is 1.95. The number of aliphatic hydroxyl groups is 2. The molecule has 1 unspecified atom stereocenters. The third-order valence-electron chi connectivity index (χ3n) is 2.94. The molecule has 104 valence electrons. The number of urea groups is 1. The number of carbonyl (C=O) groups excluding carboxylic acids is 1. The minimum Gasteiger partial charge on any atom is -0.394 e. The van der Waals surface area contributed by atoms with Gasteiger partial charge in [-0.15, -0.1) is 0 Å². The molecule has 2 aliphatic heterocycles. The largest absolute Gasteiger partial charge is 0.394 e. The van der Waals surface area contributed by atoms with Gasteiger partial charge >= 0.3 is 6.03 Å². The second-order valence-corrected chi connectivity index (χ2v) is 4.28. The SMILES string of the molecule is [N-]=[N+]=NC1(N)C=CN([C@H]2C[C@H](O)[C@@H](CO)O2)C(=O)N1. The van der Waals surface area contributed by atoms with Gasteiger partial charge in [0, 0.05) is 17.5 Å². The van der Waals surface area contributed by atoms with Crippen LogP contribution in [0, 0.1) is 0 Å². The zero-order valence-electron chi connectivity index (χ0n) is 9.88. The van der Waals surface area contributed by atoms with E-state index < -0.39 is 30.3 Å². The lowest BCUT2D eigenvalue weighted by Gasteiger charge is -2.34. The molecule has 1 fully saturated rings. The van der Waals surface area contributed by atoms with E-state index in [4.69, 9.17) is 21.1 Å². The first-order valence-electron chi connectivity index (χ1n) is 5.58. The molecular formula is C9H14N6O4. The van der Waals surface area contributed by atoms with Gasteiger partial charge in [-0.05, 0) is 16.7 Å². The van der Waals surface area contributed by atoms with Crippen molar-refractivity contribution in [2.45, 2.75) is 30.6 Å². The molecule has 4 atom stereocenters. The van der Waals surface area contributed by atoms with Gasteiger partial charge in [0.1, 0.15) is 12.3 Å². The first kappa shape index (κ1) is 13.6. The van der Waals surface area contributed by atoms with E-state index in [9.17, 15) is 9.90 Å². The Hall–Kier alpha value is -1.84. The van der Waals surface area contributed by atoms with E-state index in [1.807, 2.05) is 0 Å². The Kier molecular flexibility index (Phi) is 3.60. The molecule has 10 nitrogen and oxygen atoms in total. The lowest BCUT2D eigenvalue weighted by molar-refractivity contribution is -0.0548. The maximum Gasteiger partial charge on any atom is 0.325 e. The molecule has 0 spiro atoms. The number of nitrogens with zero attached hydrogens (tertiary/aromatic N) is 4. The Morgan fingerprint density at radius 1 is 1.79 bits per heavy atom. The quantitative estimate of drug-likeness (QED) is 0.291. The smallest absolute Gasteiger partial charge is 0.325 e. The highest BCUT2D eigenvalue weighted by Gasteiger charge is 2.40. The van der Waals surface area contributed by atoms with E-state index in [-0.39, 0.29) is 13.0 Å². The molecule has 0 radical (unpaired) electrons. The number of rotatable bonds is 3. The highest BCUT2D eigenvalue weighted by molar-refractivity contribution is 5.78. The molecule has 2 amide bonds. The molecule has 2 rings (SSSR count). The molecule has 0 aromatic heterocycles. The van der Waals surface area contributed by atoms with Crippen molar-refractivity contribution < 1.29 is 19.7 Å². The average Bonchev–Trinajstić information content (AvgIpc) is 2.70. The van der Waals surface area contributed by atoms with E-state index in [2.05, 4.69) is 15.3 Å². The lowest BCUT2D eigenvalue weighted by atomic mass is 10.2. The number of amides is 2. The van der Waals surface area contributed by atoms with Gasteiger partial charge in [-0.25, -0.2) is 4.79 Å². The van der Waals surface area contributed by atoms with Crippen LogP contribution in [-0.4, -0.2) is 52.0 Å². The Bertz CT molecular complexity index is 450. The molecule has 0 bridgehead atoms. The monoisotopic (exact) mass is 270 g/mol. The minimum atomic E-state index is -1.62. The zero-order chi connectivity index (χ0) is 14.0. The van der Waals surface area contributed by atoms with Crippen LogP contribution >= 0.6 is 0 Å². The normalized spacial score (nSPS) is 37.9. The van der Waals surface area contributed by atoms with Gasteiger partial charge in [0.25, 0.3) is 0 Å². The summed E-state index contributed by atoms with van der Waals surface area (Å²) in [6.07, 6.45) is 0.507. The Labute approximate surface area is 108 Å². The molecule has 2 aliphatic rings. The number of azide groups is 1. The van der Waals surface area contributed by atoms with Gasteiger partial charge in [0.05, 0.1) is 12.7 Å². The number of nitrogens with two attached hydrogens (primary N) is 1. The molecular weight excluding hydrogens is 256 g/mol. The van der Waals surface area contributed by atoms with Crippen molar-refractivity contribution in [1.29, 1.82) is 0 Å². The van der Waals surface area contributed by atoms with Crippen LogP contribution in [0.2, 0.25) is 0 Å². The van der Waals surface area contributed by atoms with Crippen LogP contribution in [0.1, 0.15) is 6.42 Å². The topological polar surface area (TPSA) is 157 Å². The summed E-state index contributed by atoms with van der Waals surface area (Å²) in [7, 11) is 0. The summed E-state index contributed by atoms with van der Waals surface area (Å²) >= 11 is 0. The van der Waals surface area contributed by atoms with Crippen LogP contribution < -0.4 is 11.1 Å². The Morgan fingerprint density at radius 2 is 2.53 bits per heavy atom. The summed E-state index contributed by atoms with van der Waals surface area (Å²) in [6, 6.07) is -0.617. The van der Waals surface area contributed by atoms with Crippen LogP contribution in [0.15, 0.2) is 17.4 Å². The van der Waals surface area contributed by atoms with E-state index >= 15 is 0 Å². The van der Waals surface area contributed by atoms with Gasteiger partial charge < -0.3 is 26.0 Å². The second kappa shape index (κ2) is 5.03. The van der Waals surface area contributed by atoms with Crippen LogP contribution in [-0.2, 0) is 4.74 Å². The van der Waals surface area contributed by atoms with Crippen molar-refractivity contribution in [2.75, 3.05) is 6.61 Å². The third kappa shape index (κ3) is 2.62. The number of carbonyl (C=O) groups is 1. The van der Waals surface area contributed by atoms with Gasteiger partial charge in [-0.1, -0.05) is 0 Å². The molecule has 5 N–H and O–H groups in total. The molecule has 0 aromatic carbocycles. The predicted octanol–water partition coefficient (Wildman–Crippen LogP) is -1.08. The summed E-state index contributed by atoms with van der Waals surface area (Å²) in [4.78, 5) is 15.6. The van der Waals surface area contributed by atoms with E-state index in [1.165, 1.54) is 17.2 Å². The minimum absolute atomic E-state index is 0.169. The number of hydrogen-bond acceptors (Lipinski definition) is 6. The number of aliphatic hydroxyl groups excluding tert-OH is 2. The standard InChI is InChI=1S/C9H14N6O4/c10-9(13-14-11)1-2-15(8(18)12-9)7-3-5(17)6(4-16)19-7/h1-2,5-7,16-17H,3-4,10H2,(H,12,18)/t5-,6+,7+,9?/m0/s1. The van der Waals surface area contributed by atoms with Gasteiger partial charge in [0.2, 0.25) is 0 Å². The van der Waals surface area contributed by atoms with Gasteiger partial charge in [0.15, 0.2) is 5.79 Å². The molecule has 0 saturated carbocycles. The van der Waals surface area contributed by atoms with E-state index in [0.717, 1.165) is 0 Å². The van der Waals surface area contributed by atoms with E-state index in [0.29, 0.717) is 0 Å². The predicted molar refractivity (Wildman–Crippen MR) is 61.9 cm³/mol. The van der Waals surface area contributed by atoms with E-state index in [1.54, 1.807) is 0 Å². The van der Waals surface area contributed by atoms with Crippen molar-refractivity contribution in [3.05, 3.63) is 22.7 Å². The summed E-state index contributed by atoms with van der Waals surface area (Å²) in [5.41, 5.74) is 13.9. The van der Waals surface area contributed by atoms with Crippen LogP contribution in [0.4, 0.5) is 4.79 Å². The fourth-order valence-electron chi connectivity index (χ4n) is 1.95.